The van der Waals surface area contributed by atoms with Crippen molar-refractivity contribution in [2.75, 3.05) is 31.6 Å². The average Bonchev–Trinajstić information content (AvgIpc) is 2.47. The lowest BCUT2D eigenvalue weighted by Crippen LogP contribution is -2.51. The number of piperidine rings is 1. The molecule has 0 atom stereocenters. The highest BCUT2D eigenvalue weighted by atomic mass is 32.2. The molecule has 116 valence electrons. The normalized spacial score (nSPS) is 18.1. The number of nitrogens with one attached hydrogen (secondary N) is 2. The predicted octanol–water partition coefficient (Wildman–Crippen LogP) is 0.469. The van der Waals surface area contributed by atoms with Crippen LogP contribution in [0.25, 0.3) is 0 Å². The van der Waals surface area contributed by atoms with E-state index in [0.717, 1.165) is 31.5 Å². The molecular weight excluding hydrogens is 288 g/mol. The Balaban J connectivity index is 2.14. The molecule has 0 unspecified atom stereocenters. The van der Waals surface area contributed by atoms with Crippen molar-refractivity contribution in [1.82, 2.24) is 10.6 Å². The molecule has 2 rings (SSSR count). The van der Waals surface area contributed by atoms with E-state index in [-0.39, 0.29) is 18.2 Å². The van der Waals surface area contributed by atoms with Crippen molar-refractivity contribution in [3.05, 3.63) is 35.9 Å². The summed E-state index contributed by atoms with van der Waals surface area (Å²) >= 11 is 0. The van der Waals surface area contributed by atoms with Crippen LogP contribution in [0.2, 0.25) is 0 Å². The minimum Gasteiger partial charge on any atom is -0.354 e. The number of amides is 1. The van der Waals surface area contributed by atoms with Crippen LogP contribution in [0.4, 0.5) is 0 Å². The van der Waals surface area contributed by atoms with Crippen LogP contribution in [0.5, 0.6) is 0 Å². The molecule has 0 spiro atoms. The molecule has 0 bridgehead atoms. The number of benzene rings is 1. The minimum atomic E-state index is -3.06. The van der Waals surface area contributed by atoms with Crippen molar-refractivity contribution < 1.29 is 13.2 Å². The van der Waals surface area contributed by atoms with E-state index in [2.05, 4.69) is 10.6 Å². The maximum Gasteiger partial charge on any atom is 0.230 e. The summed E-state index contributed by atoms with van der Waals surface area (Å²) in [6.45, 7) is 1.74. The fraction of sp³-hybridized carbons (Fsp3) is 0.533. The molecule has 0 aliphatic carbocycles. The second-order valence-electron chi connectivity index (χ2n) is 5.58. The molecule has 2 N–H and O–H groups in total. The first-order valence-corrected chi connectivity index (χ1v) is 9.22. The molecule has 1 saturated heterocycles. The molecule has 21 heavy (non-hydrogen) atoms. The molecule has 0 saturated carbocycles. The van der Waals surface area contributed by atoms with Crippen LogP contribution < -0.4 is 10.6 Å². The number of carbonyl (C=O) groups is 1. The summed E-state index contributed by atoms with van der Waals surface area (Å²) in [6.07, 6.45) is 2.63. The van der Waals surface area contributed by atoms with Gasteiger partial charge in [-0.15, -0.1) is 0 Å². The van der Waals surface area contributed by atoms with Crippen molar-refractivity contribution >= 4 is 15.7 Å². The van der Waals surface area contributed by atoms with Gasteiger partial charge in [-0.05, 0) is 31.5 Å². The summed E-state index contributed by atoms with van der Waals surface area (Å²) in [7, 11) is -3.06. The monoisotopic (exact) mass is 310 g/mol. The summed E-state index contributed by atoms with van der Waals surface area (Å²) in [4.78, 5) is 12.7. The Morgan fingerprint density at radius 1 is 1.24 bits per heavy atom. The van der Waals surface area contributed by atoms with Crippen LogP contribution in [0.15, 0.2) is 30.3 Å². The predicted molar refractivity (Wildman–Crippen MR) is 82.9 cm³/mol. The van der Waals surface area contributed by atoms with Gasteiger partial charge in [0.1, 0.15) is 9.84 Å². The van der Waals surface area contributed by atoms with E-state index in [1.165, 1.54) is 6.26 Å². The van der Waals surface area contributed by atoms with Crippen LogP contribution in [0.3, 0.4) is 0 Å². The molecule has 1 aromatic rings. The van der Waals surface area contributed by atoms with E-state index < -0.39 is 15.3 Å². The highest BCUT2D eigenvalue weighted by Crippen LogP contribution is 2.33. The van der Waals surface area contributed by atoms with Crippen molar-refractivity contribution in [2.24, 2.45) is 0 Å². The van der Waals surface area contributed by atoms with Gasteiger partial charge in [0.25, 0.3) is 0 Å². The zero-order chi connectivity index (χ0) is 15.3. The number of sulfone groups is 1. The van der Waals surface area contributed by atoms with Gasteiger partial charge in [-0.2, -0.15) is 0 Å². The van der Waals surface area contributed by atoms with E-state index in [1.807, 2.05) is 30.3 Å². The third-order valence-electron chi connectivity index (χ3n) is 3.98. The van der Waals surface area contributed by atoms with Gasteiger partial charge < -0.3 is 10.6 Å². The van der Waals surface area contributed by atoms with Crippen LogP contribution in [-0.4, -0.2) is 46.0 Å². The van der Waals surface area contributed by atoms with E-state index in [0.29, 0.717) is 0 Å². The SMILES string of the molecule is CS(=O)(=O)CCNC(=O)C1(c2ccccc2)CCNCC1. The van der Waals surface area contributed by atoms with Crippen LogP contribution >= 0.6 is 0 Å². The summed E-state index contributed by atoms with van der Waals surface area (Å²) < 4.78 is 22.4. The maximum absolute atomic E-state index is 12.7. The van der Waals surface area contributed by atoms with Gasteiger partial charge in [0.2, 0.25) is 5.91 Å². The molecule has 5 nitrogen and oxygen atoms in total. The molecule has 1 fully saturated rings. The lowest BCUT2D eigenvalue weighted by molar-refractivity contribution is -0.127. The molecular formula is C15H22N2O3S. The van der Waals surface area contributed by atoms with E-state index in [9.17, 15) is 13.2 Å². The third kappa shape index (κ3) is 4.04. The molecule has 0 aromatic heterocycles. The van der Waals surface area contributed by atoms with Gasteiger partial charge in [0, 0.05) is 12.8 Å². The van der Waals surface area contributed by atoms with Gasteiger partial charge in [0.15, 0.2) is 0 Å². The zero-order valence-corrected chi connectivity index (χ0v) is 13.1. The Morgan fingerprint density at radius 2 is 1.86 bits per heavy atom. The molecule has 1 heterocycles. The van der Waals surface area contributed by atoms with E-state index in [4.69, 9.17) is 0 Å². The molecule has 1 amide bonds. The van der Waals surface area contributed by atoms with Crippen LogP contribution in [-0.2, 0) is 20.0 Å². The van der Waals surface area contributed by atoms with Crippen molar-refractivity contribution in [2.45, 2.75) is 18.3 Å². The van der Waals surface area contributed by atoms with Crippen molar-refractivity contribution in [3.63, 3.8) is 0 Å². The zero-order valence-electron chi connectivity index (χ0n) is 12.3. The second kappa shape index (κ2) is 6.58. The number of hydrogen-bond acceptors (Lipinski definition) is 4. The fourth-order valence-corrected chi connectivity index (χ4v) is 3.25. The molecule has 1 aliphatic heterocycles. The van der Waals surface area contributed by atoms with E-state index in [1.54, 1.807) is 0 Å². The first kappa shape index (κ1) is 16.0. The largest absolute Gasteiger partial charge is 0.354 e. The quantitative estimate of drug-likeness (QED) is 0.829. The highest BCUT2D eigenvalue weighted by Gasteiger charge is 2.40. The first-order chi connectivity index (χ1) is 9.94. The Kier molecular flexibility index (Phi) is 5.00. The van der Waals surface area contributed by atoms with Crippen molar-refractivity contribution in [1.29, 1.82) is 0 Å². The summed E-state index contributed by atoms with van der Waals surface area (Å²) in [6, 6.07) is 9.74. The summed E-state index contributed by atoms with van der Waals surface area (Å²) in [5.74, 6) is -0.0964. The Hall–Kier alpha value is -1.40. The smallest absolute Gasteiger partial charge is 0.230 e. The van der Waals surface area contributed by atoms with Gasteiger partial charge in [-0.1, -0.05) is 30.3 Å². The number of carbonyl (C=O) groups excluding carboxylic acids is 1. The number of hydrogen-bond donors (Lipinski definition) is 2. The molecule has 1 aromatic carbocycles. The van der Waals surface area contributed by atoms with Gasteiger partial charge >= 0.3 is 0 Å². The van der Waals surface area contributed by atoms with Crippen molar-refractivity contribution in [3.8, 4) is 0 Å². The van der Waals surface area contributed by atoms with Gasteiger partial charge in [-0.25, -0.2) is 8.42 Å². The standard InChI is InChI=1S/C15H22N2O3S/c1-21(19,20)12-11-17-14(18)15(7-9-16-10-8-15)13-5-3-2-4-6-13/h2-6,16H,7-12H2,1H3,(H,17,18). The van der Waals surface area contributed by atoms with Crippen LogP contribution in [0, 0.1) is 0 Å². The lowest BCUT2D eigenvalue weighted by Gasteiger charge is -2.36. The average molecular weight is 310 g/mol. The lowest BCUT2D eigenvalue weighted by atomic mass is 9.72. The molecule has 0 radical (unpaired) electrons. The Labute approximate surface area is 126 Å². The van der Waals surface area contributed by atoms with Gasteiger partial charge in [0.05, 0.1) is 11.2 Å². The van der Waals surface area contributed by atoms with Crippen LogP contribution in [0.1, 0.15) is 18.4 Å². The van der Waals surface area contributed by atoms with E-state index >= 15 is 0 Å². The second-order valence-corrected chi connectivity index (χ2v) is 7.84. The number of rotatable bonds is 5. The molecule has 1 aliphatic rings. The minimum absolute atomic E-state index is 0.0259. The summed E-state index contributed by atoms with van der Waals surface area (Å²) in [5, 5.41) is 6.07. The maximum atomic E-state index is 12.7. The third-order valence-corrected chi connectivity index (χ3v) is 4.92. The topological polar surface area (TPSA) is 75.3 Å². The van der Waals surface area contributed by atoms with Gasteiger partial charge in [-0.3, -0.25) is 4.79 Å². The Bertz CT molecular complexity index is 578. The summed E-state index contributed by atoms with van der Waals surface area (Å²) in [5.41, 5.74) is 0.452. The Morgan fingerprint density at radius 3 is 2.43 bits per heavy atom. The highest BCUT2D eigenvalue weighted by molar-refractivity contribution is 7.90. The fourth-order valence-electron chi connectivity index (χ4n) is 2.78. The molecule has 6 heteroatoms. The first-order valence-electron chi connectivity index (χ1n) is 7.16.